The van der Waals surface area contributed by atoms with Crippen LogP contribution in [0.3, 0.4) is 0 Å². The second-order valence-corrected chi connectivity index (χ2v) is 9.46. The molecule has 0 heterocycles. The average molecular weight is 484 g/mol. The first kappa shape index (κ1) is 23.9. The molecule has 3 aromatic rings. The number of aliphatic hydroxyl groups is 2. The summed E-state index contributed by atoms with van der Waals surface area (Å²) in [7, 11) is -4.56. The van der Waals surface area contributed by atoms with Gasteiger partial charge in [0.05, 0.1) is 11.0 Å². The van der Waals surface area contributed by atoms with Gasteiger partial charge < -0.3 is 20.3 Å². The maximum absolute atomic E-state index is 12.2. The van der Waals surface area contributed by atoms with E-state index in [1.54, 1.807) is 0 Å². The van der Waals surface area contributed by atoms with Crippen LogP contribution in [0.1, 0.15) is 35.1 Å². The van der Waals surface area contributed by atoms with Gasteiger partial charge in [-0.3, -0.25) is 4.55 Å². The summed E-state index contributed by atoms with van der Waals surface area (Å²) in [5.74, 6) is -0.0810. The summed E-state index contributed by atoms with van der Waals surface area (Å²) in [6, 6.07) is 21.3. The van der Waals surface area contributed by atoms with E-state index in [2.05, 4.69) is 5.32 Å². The van der Waals surface area contributed by atoms with Crippen LogP contribution in [0.5, 0.6) is 0 Å². The van der Waals surface area contributed by atoms with Gasteiger partial charge in [0.2, 0.25) is 0 Å². The topological polar surface area (TPSA) is 133 Å². The summed E-state index contributed by atoms with van der Waals surface area (Å²) in [5, 5.41) is 23.2. The smallest absolute Gasteiger partial charge is 0.407 e. The Morgan fingerprint density at radius 3 is 2.09 bits per heavy atom. The van der Waals surface area contributed by atoms with Crippen molar-refractivity contribution in [3.63, 3.8) is 0 Å². The van der Waals surface area contributed by atoms with Gasteiger partial charge >= 0.3 is 6.09 Å². The molecule has 34 heavy (non-hydrogen) atoms. The van der Waals surface area contributed by atoms with Gasteiger partial charge in [0.15, 0.2) is 0 Å². The lowest BCUT2D eigenvalue weighted by Gasteiger charge is -2.20. The lowest BCUT2D eigenvalue weighted by Crippen LogP contribution is -2.31. The third kappa shape index (κ3) is 4.97. The van der Waals surface area contributed by atoms with Crippen molar-refractivity contribution in [1.82, 2.24) is 5.32 Å². The predicted octanol–water partition coefficient (Wildman–Crippen LogP) is 3.26. The van der Waals surface area contributed by atoms with Crippen molar-refractivity contribution in [3.8, 4) is 11.1 Å². The van der Waals surface area contributed by atoms with Crippen molar-refractivity contribution in [2.24, 2.45) is 0 Å². The molecule has 2 atom stereocenters. The summed E-state index contributed by atoms with van der Waals surface area (Å²) in [6.07, 6.45) is -3.67. The van der Waals surface area contributed by atoms with Crippen LogP contribution in [0, 0.1) is 0 Å². The quantitative estimate of drug-likeness (QED) is 0.362. The minimum atomic E-state index is -4.56. The fourth-order valence-corrected chi connectivity index (χ4v) is 5.03. The molecule has 0 radical (unpaired) electrons. The summed E-state index contributed by atoms with van der Waals surface area (Å²) >= 11 is 0. The Labute approximate surface area is 197 Å². The number of alkyl carbamates (subject to hydrolysis) is 1. The highest BCUT2D eigenvalue weighted by Crippen LogP contribution is 2.44. The molecular weight excluding hydrogens is 458 g/mol. The number of ether oxygens (including phenoxy) is 1. The van der Waals surface area contributed by atoms with E-state index < -0.39 is 33.3 Å². The number of hydrogen-bond donors (Lipinski definition) is 4. The maximum Gasteiger partial charge on any atom is 0.407 e. The Bertz CT molecular complexity index is 1250. The van der Waals surface area contributed by atoms with E-state index in [-0.39, 0.29) is 31.1 Å². The van der Waals surface area contributed by atoms with Crippen molar-refractivity contribution in [1.29, 1.82) is 0 Å². The molecule has 4 rings (SSSR count). The molecule has 8 nitrogen and oxygen atoms in total. The second-order valence-electron chi connectivity index (χ2n) is 8.07. The Balaban J connectivity index is 1.31. The zero-order valence-corrected chi connectivity index (χ0v) is 19.0. The molecule has 1 aliphatic carbocycles. The molecule has 0 fully saturated rings. The Kier molecular flexibility index (Phi) is 6.99. The Hall–Kier alpha value is -3.24. The molecule has 4 N–H and O–H groups in total. The first-order valence-electron chi connectivity index (χ1n) is 10.8. The van der Waals surface area contributed by atoms with Gasteiger partial charge in [-0.1, -0.05) is 66.7 Å². The summed E-state index contributed by atoms with van der Waals surface area (Å²) in [4.78, 5) is 11.8. The number of aliphatic hydroxyl groups excluding tert-OH is 2. The maximum atomic E-state index is 12.2. The second kappa shape index (κ2) is 9.94. The van der Waals surface area contributed by atoms with Gasteiger partial charge in [-0.15, -0.1) is 0 Å². The molecular formula is C25H25NO7S. The highest BCUT2D eigenvalue weighted by Gasteiger charge is 2.29. The summed E-state index contributed by atoms with van der Waals surface area (Å²) < 4.78 is 37.8. The highest BCUT2D eigenvalue weighted by atomic mass is 32.2. The first-order valence-corrected chi connectivity index (χ1v) is 12.2. The van der Waals surface area contributed by atoms with Crippen LogP contribution < -0.4 is 5.32 Å². The monoisotopic (exact) mass is 483 g/mol. The van der Waals surface area contributed by atoms with E-state index in [0.29, 0.717) is 0 Å². The van der Waals surface area contributed by atoms with Crippen molar-refractivity contribution >= 4 is 16.2 Å². The minimum absolute atomic E-state index is 0.0110. The van der Waals surface area contributed by atoms with Crippen LogP contribution in [0.15, 0.2) is 77.7 Å². The fraction of sp³-hybridized carbons (Fsp3) is 0.240. The molecule has 1 aliphatic rings. The molecule has 0 spiro atoms. The zero-order chi connectivity index (χ0) is 24.3. The summed E-state index contributed by atoms with van der Waals surface area (Å²) in [5.41, 5.74) is 4.29. The van der Waals surface area contributed by atoms with Crippen LogP contribution >= 0.6 is 0 Å². The molecule has 3 aromatic carbocycles. The van der Waals surface area contributed by atoms with Crippen molar-refractivity contribution < 1.29 is 32.7 Å². The third-order valence-electron chi connectivity index (χ3n) is 5.93. The molecule has 9 heteroatoms. The number of benzene rings is 3. The predicted molar refractivity (Wildman–Crippen MR) is 125 cm³/mol. The normalized spacial score (nSPS) is 14.7. The molecule has 178 valence electrons. The molecule has 0 aromatic heterocycles. The van der Waals surface area contributed by atoms with Gasteiger partial charge in [0, 0.05) is 18.0 Å². The largest absolute Gasteiger partial charge is 0.449 e. The lowest BCUT2D eigenvalue weighted by atomic mass is 9.98. The van der Waals surface area contributed by atoms with Gasteiger partial charge in [-0.2, -0.15) is 8.42 Å². The van der Waals surface area contributed by atoms with Crippen LogP contribution in [-0.2, 0) is 14.9 Å². The van der Waals surface area contributed by atoms with Crippen LogP contribution in [0.2, 0.25) is 0 Å². The van der Waals surface area contributed by atoms with Crippen LogP contribution in [-0.4, -0.2) is 48.5 Å². The van der Waals surface area contributed by atoms with Gasteiger partial charge in [-0.05, 0) is 34.7 Å². The van der Waals surface area contributed by atoms with Gasteiger partial charge in [-0.25, -0.2) is 4.79 Å². The van der Waals surface area contributed by atoms with E-state index in [0.717, 1.165) is 28.3 Å². The van der Waals surface area contributed by atoms with Gasteiger partial charge in [0.25, 0.3) is 10.1 Å². The Morgan fingerprint density at radius 2 is 1.47 bits per heavy atom. The van der Waals surface area contributed by atoms with E-state index in [1.165, 1.54) is 18.2 Å². The van der Waals surface area contributed by atoms with Crippen LogP contribution in [0.25, 0.3) is 11.1 Å². The number of carbonyl (C=O) groups excluding carboxylic acids is 1. The summed E-state index contributed by atoms with van der Waals surface area (Å²) in [6.45, 7) is 0.135. The van der Waals surface area contributed by atoms with Gasteiger partial charge in [0.1, 0.15) is 12.7 Å². The number of hydrogen-bond acceptors (Lipinski definition) is 6. The van der Waals surface area contributed by atoms with Crippen LogP contribution in [0.4, 0.5) is 4.79 Å². The number of carbonyl (C=O) groups is 1. The Morgan fingerprint density at radius 1 is 0.912 bits per heavy atom. The molecule has 0 aliphatic heterocycles. The number of fused-ring (bicyclic) bond motifs is 3. The molecule has 1 amide bonds. The van der Waals surface area contributed by atoms with Crippen molar-refractivity contribution in [2.45, 2.75) is 29.4 Å². The third-order valence-corrected chi connectivity index (χ3v) is 6.86. The number of rotatable bonds is 8. The average Bonchev–Trinajstić information content (AvgIpc) is 3.15. The SMILES string of the molecule is O=C(NCCC(O)C(O)c1ccccc1S(=O)(=O)O)OCC1c2ccccc2-c2ccccc21. The molecule has 0 bridgehead atoms. The zero-order valence-electron chi connectivity index (χ0n) is 18.2. The highest BCUT2D eigenvalue weighted by molar-refractivity contribution is 7.85. The van der Waals surface area contributed by atoms with E-state index in [9.17, 15) is 28.0 Å². The van der Waals surface area contributed by atoms with E-state index in [1.807, 2.05) is 48.5 Å². The number of nitrogens with one attached hydrogen (secondary N) is 1. The molecule has 0 saturated heterocycles. The minimum Gasteiger partial charge on any atom is -0.449 e. The van der Waals surface area contributed by atoms with E-state index >= 15 is 0 Å². The van der Waals surface area contributed by atoms with Crippen molar-refractivity contribution in [2.75, 3.05) is 13.2 Å². The standard InChI is InChI=1S/C25H25NO7S/c27-22(24(28)20-11-5-6-12-23(20)34(30,31)32)13-14-26-25(29)33-15-21-18-9-3-1-7-16(18)17-8-2-4-10-19(17)21/h1-12,21-22,24,27-28H,13-15H2,(H,26,29)(H,30,31,32). The molecule has 0 saturated carbocycles. The van der Waals surface area contributed by atoms with Crippen molar-refractivity contribution in [3.05, 3.63) is 89.5 Å². The fourth-order valence-electron chi connectivity index (χ4n) is 4.30. The lowest BCUT2D eigenvalue weighted by molar-refractivity contribution is 0.0120. The first-order chi connectivity index (χ1) is 16.3. The number of amides is 1. The molecule has 2 unspecified atom stereocenters. The van der Waals surface area contributed by atoms with E-state index in [4.69, 9.17) is 4.74 Å².